The minimum atomic E-state index is -0.851. The maximum atomic E-state index is 13.2. The summed E-state index contributed by atoms with van der Waals surface area (Å²) < 4.78 is 0. The van der Waals surface area contributed by atoms with E-state index in [1.54, 1.807) is 12.1 Å². The first-order valence-electron chi connectivity index (χ1n) is 10.4. The van der Waals surface area contributed by atoms with Crippen molar-refractivity contribution >= 4 is 51.5 Å². The highest BCUT2D eigenvalue weighted by atomic mass is 35.5. The number of nitrogens with zero attached hydrogens (tertiary/aromatic N) is 2. The van der Waals surface area contributed by atoms with Crippen LogP contribution < -0.4 is 10.6 Å². The van der Waals surface area contributed by atoms with Crippen molar-refractivity contribution in [3.8, 4) is 10.6 Å². The lowest BCUT2D eigenvalue weighted by Gasteiger charge is -2.18. The van der Waals surface area contributed by atoms with Crippen LogP contribution in [-0.2, 0) is 11.2 Å². The van der Waals surface area contributed by atoms with E-state index in [0.29, 0.717) is 27.1 Å². The number of carbonyl (C=O) groups is 2. The Hall–Kier alpha value is -3.26. The molecule has 1 heterocycles. The zero-order chi connectivity index (χ0) is 24.1. The van der Waals surface area contributed by atoms with Gasteiger partial charge in [0.1, 0.15) is 11.0 Å². The van der Waals surface area contributed by atoms with Crippen molar-refractivity contribution in [2.75, 3.05) is 5.32 Å². The minimum absolute atomic E-state index is 0.260. The van der Waals surface area contributed by atoms with Gasteiger partial charge in [-0.15, -0.1) is 10.2 Å². The van der Waals surface area contributed by atoms with Crippen LogP contribution in [0.2, 0.25) is 10.0 Å². The van der Waals surface area contributed by atoms with Gasteiger partial charge in [0.15, 0.2) is 0 Å². The smallest absolute Gasteiger partial charge is 0.251 e. The fourth-order valence-corrected chi connectivity index (χ4v) is 4.34. The molecule has 0 saturated carbocycles. The Balaban J connectivity index is 1.53. The van der Waals surface area contributed by atoms with E-state index in [-0.39, 0.29) is 5.02 Å². The molecule has 0 bridgehead atoms. The average molecular weight is 511 g/mol. The van der Waals surface area contributed by atoms with E-state index in [4.69, 9.17) is 23.2 Å². The summed E-state index contributed by atoms with van der Waals surface area (Å²) in [5.41, 5.74) is 3.23. The number of hydrogen-bond acceptors (Lipinski definition) is 5. The lowest BCUT2D eigenvalue weighted by atomic mass is 10.0. The standard InChI is InChI=1S/C25H20Cl2N4O2S/c1-15-6-5-9-18(12-15)24-30-31-25(34-24)29-23(33)21(13-16-7-3-2-4-8-16)28-22(32)17-10-11-19(26)20(27)14-17/h2-12,14,21H,13H2,1H3,(H,28,32)(H,29,31,33). The molecule has 0 aliphatic heterocycles. The highest BCUT2D eigenvalue weighted by Gasteiger charge is 2.24. The number of amides is 2. The van der Waals surface area contributed by atoms with Crippen LogP contribution in [-0.4, -0.2) is 28.1 Å². The van der Waals surface area contributed by atoms with Gasteiger partial charge < -0.3 is 5.32 Å². The van der Waals surface area contributed by atoms with Crippen molar-refractivity contribution in [3.63, 3.8) is 0 Å². The summed E-state index contributed by atoms with van der Waals surface area (Å²) in [6, 6.07) is 21.0. The van der Waals surface area contributed by atoms with Crippen LogP contribution in [0.1, 0.15) is 21.5 Å². The minimum Gasteiger partial charge on any atom is -0.340 e. The Morgan fingerprint density at radius 2 is 1.74 bits per heavy atom. The Kier molecular flexibility index (Phi) is 7.57. The van der Waals surface area contributed by atoms with Gasteiger partial charge in [0.05, 0.1) is 10.0 Å². The van der Waals surface area contributed by atoms with Crippen molar-refractivity contribution in [1.29, 1.82) is 0 Å². The summed E-state index contributed by atoms with van der Waals surface area (Å²) in [4.78, 5) is 26.0. The van der Waals surface area contributed by atoms with Crippen molar-refractivity contribution in [1.82, 2.24) is 15.5 Å². The number of rotatable bonds is 7. The van der Waals surface area contributed by atoms with Crippen LogP contribution in [0, 0.1) is 6.92 Å². The highest BCUT2D eigenvalue weighted by Crippen LogP contribution is 2.27. The quantitative estimate of drug-likeness (QED) is 0.329. The van der Waals surface area contributed by atoms with Gasteiger partial charge in [-0.25, -0.2) is 0 Å². The van der Waals surface area contributed by atoms with E-state index in [1.807, 2.05) is 61.5 Å². The van der Waals surface area contributed by atoms with Gasteiger partial charge in [-0.3, -0.25) is 14.9 Å². The largest absolute Gasteiger partial charge is 0.340 e. The van der Waals surface area contributed by atoms with Gasteiger partial charge >= 0.3 is 0 Å². The molecule has 6 nitrogen and oxygen atoms in total. The molecule has 3 aromatic carbocycles. The third-order valence-electron chi connectivity index (χ3n) is 5.01. The number of anilines is 1. The monoisotopic (exact) mass is 510 g/mol. The van der Waals surface area contributed by atoms with Crippen molar-refractivity contribution in [2.24, 2.45) is 0 Å². The molecule has 4 aromatic rings. The van der Waals surface area contributed by atoms with Gasteiger partial charge in [-0.05, 0) is 36.8 Å². The Morgan fingerprint density at radius 3 is 2.47 bits per heavy atom. The Labute approximate surface area is 211 Å². The molecule has 0 aliphatic carbocycles. The molecule has 2 amide bonds. The van der Waals surface area contributed by atoms with Crippen LogP contribution >= 0.6 is 34.5 Å². The molecule has 0 saturated heterocycles. The zero-order valence-corrected chi connectivity index (χ0v) is 20.4. The van der Waals surface area contributed by atoms with Crippen LogP contribution in [0.15, 0.2) is 72.8 Å². The van der Waals surface area contributed by atoms with Crippen LogP contribution in [0.4, 0.5) is 5.13 Å². The SMILES string of the molecule is Cc1cccc(-c2nnc(NC(=O)C(Cc3ccccc3)NC(=O)c3ccc(Cl)c(Cl)c3)s2)c1. The van der Waals surface area contributed by atoms with E-state index >= 15 is 0 Å². The molecule has 9 heteroatoms. The molecule has 1 aromatic heterocycles. The number of halogens is 2. The van der Waals surface area contributed by atoms with Crippen molar-refractivity contribution in [2.45, 2.75) is 19.4 Å². The normalized spacial score (nSPS) is 11.6. The molecular weight excluding hydrogens is 491 g/mol. The first kappa shape index (κ1) is 23.9. The zero-order valence-electron chi connectivity index (χ0n) is 18.1. The third-order valence-corrected chi connectivity index (χ3v) is 6.63. The molecule has 172 valence electrons. The van der Waals surface area contributed by atoms with Crippen LogP contribution in [0.25, 0.3) is 10.6 Å². The summed E-state index contributed by atoms with van der Waals surface area (Å²) in [6.45, 7) is 2.00. The van der Waals surface area contributed by atoms with Gasteiger partial charge in [0.2, 0.25) is 11.0 Å². The molecule has 4 rings (SSSR count). The van der Waals surface area contributed by atoms with Crippen molar-refractivity contribution < 1.29 is 9.59 Å². The lowest BCUT2D eigenvalue weighted by Crippen LogP contribution is -2.45. The molecule has 0 aliphatic rings. The number of hydrogen-bond donors (Lipinski definition) is 2. The predicted octanol–water partition coefficient (Wildman–Crippen LogP) is 5.80. The predicted molar refractivity (Wildman–Crippen MR) is 137 cm³/mol. The topological polar surface area (TPSA) is 84.0 Å². The molecular formula is C25H20Cl2N4O2S. The maximum absolute atomic E-state index is 13.2. The number of aromatic nitrogens is 2. The second-order valence-corrected chi connectivity index (χ2v) is 9.41. The number of aryl methyl sites for hydroxylation is 1. The van der Waals surface area contributed by atoms with E-state index < -0.39 is 17.9 Å². The van der Waals surface area contributed by atoms with Gasteiger partial charge in [0, 0.05) is 17.5 Å². The fourth-order valence-electron chi connectivity index (χ4n) is 3.30. The van der Waals surface area contributed by atoms with Crippen LogP contribution in [0.3, 0.4) is 0 Å². The van der Waals surface area contributed by atoms with Gasteiger partial charge in [-0.1, -0.05) is 88.6 Å². The van der Waals surface area contributed by atoms with Crippen LogP contribution in [0.5, 0.6) is 0 Å². The van der Waals surface area contributed by atoms with E-state index in [2.05, 4.69) is 20.8 Å². The Morgan fingerprint density at radius 1 is 0.941 bits per heavy atom. The third kappa shape index (κ3) is 5.99. The van der Waals surface area contributed by atoms with E-state index in [1.165, 1.54) is 17.4 Å². The summed E-state index contributed by atoms with van der Waals surface area (Å²) in [5.74, 6) is -0.837. The summed E-state index contributed by atoms with van der Waals surface area (Å²) >= 11 is 13.3. The summed E-state index contributed by atoms with van der Waals surface area (Å²) in [7, 11) is 0. The van der Waals surface area contributed by atoms with E-state index in [0.717, 1.165) is 16.7 Å². The maximum Gasteiger partial charge on any atom is 0.251 e. The van der Waals surface area contributed by atoms with Gasteiger partial charge in [0.25, 0.3) is 5.91 Å². The molecule has 1 atom stereocenters. The van der Waals surface area contributed by atoms with E-state index in [9.17, 15) is 9.59 Å². The molecule has 2 N–H and O–H groups in total. The number of nitrogens with one attached hydrogen (secondary N) is 2. The lowest BCUT2D eigenvalue weighted by molar-refractivity contribution is -0.118. The molecule has 0 fully saturated rings. The average Bonchev–Trinajstić information content (AvgIpc) is 3.29. The molecule has 34 heavy (non-hydrogen) atoms. The number of carbonyl (C=O) groups excluding carboxylic acids is 2. The highest BCUT2D eigenvalue weighted by molar-refractivity contribution is 7.18. The second kappa shape index (κ2) is 10.8. The molecule has 0 spiro atoms. The second-order valence-electron chi connectivity index (χ2n) is 7.62. The fraction of sp³-hybridized carbons (Fsp3) is 0.120. The summed E-state index contributed by atoms with van der Waals surface area (Å²) in [5, 5.41) is 15.5. The van der Waals surface area contributed by atoms with Gasteiger partial charge in [-0.2, -0.15) is 0 Å². The number of benzene rings is 3. The first-order valence-corrected chi connectivity index (χ1v) is 12.0. The first-order chi connectivity index (χ1) is 16.4. The van der Waals surface area contributed by atoms with Crippen molar-refractivity contribution in [3.05, 3.63) is 99.5 Å². The summed E-state index contributed by atoms with van der Waals surface area (Å²) in [6.07, 6.45) is 0.295. The molecule has 0 radical (unpaired) electrons. The molecule has 1 unspecified atom stereocenters. The Bertz CT molecular complexity index is 1330.